The van der Waals surface area contributed by atoms with Crippen LogP contribution in [-0.2, 0) is 0 Å². The molecular weight excluding hydrogens is 234 g/mol. The highest BCUT2D eigenvalue weighted by Crippen LogP contribution is 2.19. The van der Waals surface area contributed by atoms with Gasteiger partial charge in [-0.05, 0) is 37.5 Å². The van der Waals surface area contributed by atoms with Crippen LogP contribution in [0.3, 0.4) is 0 Å². The van der Waals surface area contributed by atoms with Gasteiger partial charge in [-0.1, -0.05) is 18.9 Å². The molecule has 3 heteroatoms. The predicted octanol–water partition coefficient (Wildman–Crippen LogP) is 4.04. The fourth-order valence-electron chi connectivity index (χ4n) is 1.56. The van der Waals surface area contributed by atoms with Gasteiger partial charge in [-0.15, -0.1) is 11.6 Å². The van der Waals surface area contributed by atoms with E-state index in [1.165, 1.54) is 0 Å². The van der Waals surface area contributed by atoms with E-state index in [2.05, 4.69) is 6.07 Å². The number of nitrogens with zero attached hydrogens (tertiary/aromatic N) is 1. The number of hydrogen-bond donors (Lipinski definition) is 0. The highest BCUT2D eigenvalue weighted by atomic mass is 35.5. The zero-order valence-corrected chi connectivity index (χ0v) is 11.0. The van der Waals surface area contributed by atoms with Gasteiger partial charge < -0.3 is 4.74 Å². The van der Waals surface area contributed by atoms with Crippen LogP contribution in [0.25, 0.3) is 0 Å². The fraction of sp³-hybridized carbons (Fsp3) is 0.500. The van der Waals surface area contributed by atoms with E-state index in [-0.39, 0.29) is 0 Å². The van der Waals surface area contributed by atoms with Crippen LogP contribution < -0.4 is 4.74 Å². The predicted molar refractivity (Wildman–Crippen MR) is 70.6 cm³/mol. The number of unbranched alkanes of at least 4 members (excludes halogenated alkanes) is 3. The summed E-state index contributed by atoms with van der Waals surface area (Å²) in [4.78, 5) is 0. The van der Waals surface area contributed by atoms with Crippen LogP contribution in [0, 0.1) is 18.3 Å². The molecule has 17 heavy (non-hydrogen) atoms. The minimum absolute atomic E-state index is 0.646. The second-order valence-electron chi connectivity index (χ2n) is 4.04. The molecule has 0 saturated heterocycles. The van der Waals surface area contributed by atoms with Crippen molar-refractivity contribution in [3.8, 4) is 11.8 Å². The molecule has 0 N–H and O–H groups in total. The number of nitriles is 1. The Kier molecular flexibility index (Phi) is 6.50. The lowest BCUT2D eigenvalue weighted by Gasteiger charge is -2.09. The van der Waals surface area contributed by atoms with E-state index in [1.54, 1.807) is 6.07 Å². The van der Waals surface area contributed by atoms with Crippen molar-refractivity contribution in [3.05, 3.63) is 29.3 Å². The lowest BCUT2D eigenvalue weighted by Crippen LogP contribution is -1.99. The third-order valence-electron chi connectivity index (χ3n) is 2.60. The topological polar surface area (TPSA) is 33.0 Å². The molecule has 0 aliphatic heterocycles. The van der Waals surface area contributed by atoms with Crippen molar-refractivity contribution in [2.45, 2.75) is 32.6 Å². The number of aryl methyl sites for hydroxylation is 1. The Morgan fingerprint density at radius 3 is 2.71 bits per heavy atom. The first-order valence-corrected chi connectivity index (χ1v) is 6.51. The minimum Gasteiger partial charge on any atom is -0.493 e. The van der Waals surface area contributed by atoms with Crippen molar-refractivity contribution < 1.29 is 4.74 Å². The van der Waals surface area contributed by atoms with Gasteiger partial charge in [-0.3, -0.25) is 0 Å². The number of benzene rings is 1. The molecule has 1 aromatic carbocycles. The van der Waals surface area contributed by atoms with Crippen LogP contribution in [0.2, 0.25) is 0 Å². The zero-order chi connectivity index (χ0) is 12.5. The lowest BCUT2D eigenvalue weighted by molar-refractivity contribution is 0.303. The van der Waals surface area contributed by atoms with Crippen LogP contribution >= 0.6 is 11.6 Å². The number of halogens is 1. The maximum Gasteiger partial charge on any atom is 0.123 e. The molecule has 0 aliphatic carbocycles. The molecule has 0 fully saturated rings. The molecule has 0 heterocycles. The van der Waals surface area contributed by atoms with Crippen molar-refractivity contribution in [2.75, 3.05) is 12.5 Å². The summed E-state index contributed by atoms with van der Waals surface area (Å²) >= 11 is 5.60. The van der Waals surface area contributed by atoms with Crippen molar-refractivity contribution in [1.29, 1.82) is 5.26 Å². The van der Waals surface area contributed by atoms with E-state index >= 15 is 0 Å². The average Bonchev–Trinajstić information content (AvgIpc) is 2.35. The van der Waals surface area contributed by atoms with E-state index in [0.717, 1.165) is 42.9 Å². The molecule has 0 spiro atoms. The fourth-order valence-corrected chi connectivity index (χ4v) is 1.75. The van der Waals surface area contributed by atoms with Crippen LogP contribution in [0.15, 0.2) is 18.2 Å². The molecule has 0 aromatic heterocycles. The molecular formula is C14H18ClNO. The Labute approximate surface area is 108 Å². The summed E-state index contributed by atoms with van der Waals surface area (Å²) in [6, 6.07) is 7.64. The van der Waals surface area contributed by atoms with E-state index < -0.39 is 0 Å². The summed E-state index contributed by atoms with van der Waals surface area (Å²) in [6.45, 7) is 2.70. The molecule has 0 saturated carbocycles. The summed E-state index contributed by atoms with van der Waals surface area (Å²) in [7, 11) is 0. The van der Waals surface area contributed by atoms with Crippen LogP contribution in [0.4, 0.5) is 0 Å². The summed E-state index contributed by atoms with van der Waals surface area (Å²) < 4.78 is 5.68. The SMILES string of the molecule is Cc1ccc(C#N)cc1OCCCCCCCl. The smallest absolute Gasteiger partial charge is 0.123 e. The van der Waals surface area contributed by atoms with Gasteiger partial charge in [0.1, 0.15) is 5.75 Å². The Balaban J connectivity index is 2.33. The molecule has 0 radical (unpaired) electrons. The first-order chi connectivity index (χ1) is 8.27. The molecule has 0 aliphatic rings. The molecule has 1 aromatic rings. The Morgan fingerprint density at radius 2 is 2.00 bits per heavy atom. The van der Waals surface area contributed by atoms with Gasteiger partial charge in [0.05, 0.1) is 18.2 Å². The third kappa shape index (κ3) is 5.10. The van der Waals surface area contributed by atoms with Crippen molar-refractivity contribution in [3.63, 3.8) is 0 Å². The minimum atomic E-state index is 0.646. The summed E-state index contributed by atoms with van der Waals surface area (Å²) in [6.07, 6.45) is 4.41. The largest absolute Gasteiger partial charge is 0.493 e. The first kappa shape index (κ1) is 13.9. The summed E-state index contributed by atoms with van der Waals surface area (Å²) in [5.74, 6) is 1.56. The normalized spacial score (nSPS) is 9.94. The Morgan fingerprint density at radius 1 is 1.24 bits per heavy atom. The quantitative estimate of drug-likeness (QED) is 0.541. The van der Waals surface area contributed by atoms with E-state index in [9.17, 15) is 0 Å². The van der Waals surface area contributed by atoms with E-state index in [0.29, 0.717) is 12.2 Å². The number of ether oxygens (including phenoxy) is 1. The molecule has 0 atom stereocenters. The number of rotatable bonds is 7. The van der Waals surface area contributed by atoms with Crippen LogP contribution in [0.1, 0.15) is 36.8 Å². The highest BCUT2D eigenvalue weighted by Gasteiger charge is 2.01. The molecule has 2 nitrogen and oxygen atoms in total. The van der Waals surface area contributed by atoms with E-state index in [1.807, 2.05) is 19.1 Å². The van der Waals surface area contributed by atoms with Crippen molar-refractivity contribution in [2.24, 2.45) is 0 Å². The van der Waals surface area contributed by atoms with Crippen molar-refractivity contribution >= 4 is 11.6 Å². The molecule has 0 unspecified atom stereocenters. The van der Waals surface area contributed by atoms with E-state index in [4.69, 9.17) is 21.6 Å². The first-order valence-electron chi connectivity index (χ1n) is 5.97. The van der Waals surface area contributed by atoms with Crippen LogP contribution in [0.5, 0.6) is 5.75 Å². The van der Waals surface area contributed by atoms with Gasteiger partial charge >= 0.3 is 0 Å². The number of hydrogen-bond acceptors (Lipinski definition) is 2. The lowest BCUT2D eigenvalue weighted by atomic mass is 10.1. The summed E-state index contributed by atoms with van der Waals surface area (Å²) in [5.41, 5.74) is 1.72. The average molecular weight is 252 g/mol. The second kappa shape index (κ2) is 7.97. The second-order valence-corrected chi connectivity index (χ2v) is 4.42. The molecule has 92 valence electrons. The monoisotopic (exact) mass is 251 g/mol. The van der Waals surface area contributed by atoms with Crippen LogP contribution in [-0.4, -0.2) is 12.5 Å². The molecule has 0 bridgehead atoms. The zero-order valence-electron chi connectivity index (χ0n) is 10.2. The standard InChI is InChI=1S/C14H18ClNO/c1-12-6-7-13(11-16)10-14(12)17-9-5-3-2-4-8-15/h6-7,10H,2-5,8-9H2,1H3. The van der Waals surface area contributed by atoms with Gasteiger partial charge in [0, 0.05) is 5.88 Å². The molecule has 1 rings (SSSR count). The van der Waals surface area contributed by atoms with Gasteiger partial charge in [0.2, 0.25) is 0 Å². The van der Waals surface area contributed by atoms with Gasteiger partial charge in [-0.2, -0.15) is 5.26 Å². The Bertz CT molecular complexity index is 384. The number of alkyl halides is 1. The van der Waals surface area contributed by atoms with Gasteiger partial charge in [0.25, 0.3) is 0 Å². The van der Waals surface area contributed by atoms with Crippen molar-refractivity contribution in [1.82, 2.24) is 0 Å². The highest BCUT2D eigenvalue weighted by molar-refractivity contribution is 6.17. The van der Waals surface area contributed by atoms with Gasteiger partial charge in [-0.25, -0.2) is 0 Å². The third-order valence-corrected chi connectivity index (χ3v) is 2.87. The maximum atomic E-state index is 8.80. The molecule has 0 amide bonds. The summed E-state index contributed by atoms with van der Waals surface area (Å²) in [5, 5.41) is 8.80. The van der Waals surface area contributed by atoms with Gasteiger partial charge in [0.15, 0.2) is 0 Å². The maximum absolute atomic E-state index is 8.80. The Hall–Kier alpha value is -1.20.